The molecular formula is C21H28N4O3. The average molecular weight is 384 g/mol. The highest BCUT2D eigenvalue weighted by Gasteiger charge is 2.27. The SMILES string of the molecule is COc1ccccc1CNC(=O)c1nc(C(=O)NCC(C)C)n2c1CCCC2. The minimum atomic E-state index is -0.264. The maximum Gasteiger partial charge on any atom is 0.287 e. The summed E-state index contributed by atoms with van der Waals surface area (Å²) in [6.07, 6.45) is 2.73. The van der Waals surface area contributed by atoms with Gasteiger partial charge in [0, 0.05) is 25.2 Å². The van der Waals surface area contributed by atoms with Crippen LogP contribution in [0.4, 0.5) is 0 Å². The number of hydrogen-bond donors (Lipinski definition) is 2. The number of para-hydroxylation sites is 1. The molecule has 28 heavy (non-hydrogen) atoms. The number of aromatic nitrogens is 2. The Labute approximate surface area is 165 Å². The highest BCUT2D eigenvalue weighted by molar-refractivity contribution is 5.97. The van der Waals surface area contributed by atoms with Crippen molar-refractivity contribution >= 4 is 11.8 Å². The molecule has 0 aliphatic carbocycles. The number of nitrogens with one attached hydrogen (secondary N) is 2. The maximum absolute atomic E-state index is 12.8. The van der Waals surface area contributed by atoms with E-state index in [9.17, 15) is 9.59 Å². The van der Waals surface area contributed by atoms with Gasteiger partial charge in [-0.15, -0.1) is 0 Å². The Morgan fingerprint density at radius 3 is 2.71 bits per heavy atom. The van der Waals surface area contributed by atoms with Crippen LogP contribution in [0.15, 0.2) is 24.3 Å². The van der Waals surface area contributed by atoms with Crippen molar-refractivity contribution in [2.75, 3.05) is 13.7 Å². The smallest absolute Gasteiger partial charge is 0.287 e. The molecule has 3 rings (SSSR count). The van der Waals surface area contributed by atoms with E-state index in [2.05, 4.69) is 15.6 Å². The van der Waals surface area contributed by atoms with Gasteiger partial charge in [0.15, 0.2) is 5.82 Å². The second-order valence-electron chi connectivity index (χ2n) is 7.44. The fourth-order valence-electron chi connectivity index (χ4n) is 3.38. The third-order valence-electron chi connectivity index (χ3n) is 4.84. The van der Waals surface area contributed by atoms with E-state index in [0.717, 1.165) is 36.3 Å². The van der Waals surface area contributed by atoms with Gasteiger partial charge in [-0.3, -0.25) is 9.59 Å². The molecule has 1 aliphatic rings. The van der Waals surface area contributed by atoms with Crippen molar-refractivity contribution in [1.29, 1.82) is 0 Å². The van der Waals surface area contributed by atoms with Crippen LogP contribution in [0.3, 0.4) is 0 Å². The number of imidazole rings is 1. The van der Waals surface area contributed by atoms with Gasteiger partial charge < -0.3 is 19.9 Å². The number of methoxy groups -OCH3 is 1. The Bertz CT molecular complexity index is 857. The van der Waals surface area contributed by atoms with Gasteiger partial charge in [-0.1, -0.05) is 32.0 Å². The number of ether oxygens (including phenoxy) is 1. The van der Waals surface area contributed by atoms with E-state index in [1.807, 2.05) is 42.7 Å². The number of hydrogen-bond acceptors (Lipinski definition) is 4. The normalized spacial score (nSPS) is 13.1. The van der Waals surface area contributed by atoms with Crippen LogP contribution in [0.5, 0.6) is 5.75 Å². The Morgan fingerprint density at radius 2 is 1.96 bits per heavy atom. The molecule has 7 nitrogen and oxygen atoms in total. The molecule has 0 radical (unpaired) electrons. The maximum atomic E-state index is 12.8. The number of carbonyl (C=O) groups excluding carboxylic acids is 2. The van der Waals surface area contributed by atoms with Gasteiger partial charge in [-0.05, 0) is 31.2 Å². The largest absolute Gasteiger partial charge is 0.496 e. The predicted octanol–water partition coefficient (Wildman–Crippen LogP) is 2.54. The summed E-state index contributed by atoms with van der Waals surface area (Å²) in [5.74, 6) is 0.921. The molecular weight excluding hydrogens is 356 g/mol. The van der Waals surface area contributed by atoms with Crippen molar-refractivity contribution in [2.24, 2.45) is 5.92 Å². The van der Waals surface area contributed by atoms with Crippen LogP contribution in [-0.4, -0.2) is 35.0 Å². The molecule has 2 heterocycles. The fourth-order valence-corrected chi connectivity index (χ4v) is 3.38. The van der Waals surface area contributed by atoms with E-state index in [4.69, 9.17) is 4.74 Å². The topological polar surface area (TPSA) is 85.2 Å². The van der Waals surface area contributed by atoms with Crippen molar-refractivity contribution in [3.05, 3.63) is 47.0 Å². The molecule has 1 aromatic carbocycles. The van der Waals surface area contributed by atoms with Gasteiger partial charge >= 0.3 is 0 Å². The summed E-state index contributed by atoms with van der Waals surface area (Å²) < 4.78 is 7.23. The zero-order valence-electron chi connectivity index (χ0n) is 16.7. The van der Waals surface area contributed by atoms with E-state index >= 15 is 0 Å². The summed E-state index contributed by atoms with van der Waals surface area (Å²) in [7, 11) is 1.61. The van der Waals surface area contributed by atoms with Crippen LogP contribution >= 0.6 is 0 Å². The van der Waals surface area contributed by atoms with Gasteiger partial charge in [0.05, 0.1) is 12.8 Å². The lowest BCUT2D eigenvalue weighted by Gasteiger charge is -2.17. The Morgan fingerprint density at radius 1 is 1.18 bits per heavy atom. The fraction of sp³-hybridized carbons (Fsp3) is 0.476. The molecule has 1 aliphatic heterocycles. The van der Waals surface area contributed by atoms with E-state index in [0.29, 0.717) is 37.1 Å². The minimum Gasteiger partial charge on any atom is -0.496 e. The zero-order valence-corrected chi connectivity index (χ0v) is 16.7. The Balaban J connectivity index is 1.79. The summed E-state index contributed by atoms with van der Waals surface area (Å²) in [6, 6.07) is 7.56. The molecule has 0 atom stereocenters. The third kappa shape index (κ3) is 4.35. The summed E-state index contributed by atoms with van der Waals surface area (Å²) in [5.41, 5.74) is 2.09. The lowest BCUT2D eigenvalue weighted by molar-refractivity contribution is 0.0933. The number of rotatable bonds is 7. The molecule has 1 aromatic heterocycles. The van der Waals surface area contributed by atoms with E-state index in [1.54, 1.807) is 7.11 Å². The molecule has 0 spiro atoms. The van der Waals surface area contributed by atoms with Crippen LogP contribution < -0.4 is 15.4 Å². The molecule has 150 valence electrons. The summed E-state index contributed by atoms with van der Waals surface area (Å²) in [6.45, 7) is 5.71. The van der Waals surface area contributed by atoms with Crippen molar-refractivity contribution in [3.8, 4) is 5.75 Å². The standard InChI is InChI=1S/C21H28N4O3/c1-14(2)12-22-21(27)19-24-18(16-9-6-7-11-25(16)19)20(26)23-13-15-8-4-5-10-17(15)28-3/h4-5,8,10,14H,6-7,9,11-13H2,1-3H3,(H,22,27)(H,23,26). The minimum absolute atomic E-state index is 0.222. The average Bonchev–Trinajstić information content (AvgIpc) is 3.10. The molecule has 2 N–H and O–H groups in total. The van der Waals surface area contributed by atoms with Crippen LogP contribution in [0.25, 0.3) is 0 Å². The second-order valence-corrected chi connectivity index (χ2v) is 7.44. The van der Waals surface area contributed by atoms with Crippen molar-refractivity contribution in [1.82, 2.24) is 20.2 Å². The number of carbonyl (C=O) groups is 2. The highest BCUT2D eigenvalue weighted by Crippen LogP contribution is 2.22. The Kier molecular flexibility index (Phi) is 6.34. The lowest BCUT2D eigenvalue weighted by Crippen LogP contribution is -2.30. The van der Waals surface area contributed by atoms with Crippen molar-refractivity contribution in [2.45, 2.75) is 46.2 Å². The lowest BCUT2D eigenvalue weighted by atomic mass is 10.1. The number of amides is 2. The highest BCUT2D eigenvalue weighted by atomic mass is 16.5. The van der Waals surface area contributed by atoms with Gasteiger partial charge in [-0.2, -0.15) is 0 Å². The quantitative estimate of drug-likeness (QED) is 0.768. The van der Waals surface area contributed by atoms with Gasteiger partial charge in [0.1, 0.15) is 11.4 Å². The number of fused-ring (bicyclic) bond motifs is 1. The first-order chi connectivity index (χ1) is 13.5. The monoisotopic (exact) mass is 384 g/mol. The molecule has 0 saturated carbocycles. The van der Waals surface area contributed by atoms with E-state index in [-0.39, 0.29) is 11.8 Å². The third-order valence-corrected chi connectivity index (χ3v) is 4.84. The first-order valence-electron chi connectivity index (χ1n) is 9.79. The van der Waals surface area contributed by atoms with Gasteiger partial charge in [-0.25, -0.2) is 4.98 Å². The first-order valence-corrected chi connectivity index (χ1v) is 9.79. The molecule has 2 amide bonds. The molecule has 0 saturated heterocycles. The summed E-state index contributed by atoms with van der Waals surface area (Å²) in [4.78, 5) is 29.8. The zero-order chi connectivity index (χ0) is 20.1. The molecule has 7 heteroatoms. The summed E-state index contributed by atoms with van der Waals surface area (Å²) >= 11 is 0. The second kappa shape index (κ2) is 8.91. The van der Waals surface area contributed by atoms with Crippen LogP contribution in [0.1, 0.15) is 59.1 Å². The van der Waals surface area contributed by atoms with Crippen LogP contribution in [0, 0.1) is 5.92 Å². The van der Waals surface area contributed by atoms with E-state index in [1.165, 1.54) is 0 Å². The van der Waals surface area contributed by atoms with E-state index < -0.39 is 0 Å². The number of nitrogens with zero attached hydrogens (tertiary/aromatic N) is 2. The van der Waals surface area contributed by atoms with Crippen LogP contribution in [0.2, 0.25) is 0 Å². The number of benzene rings is 1. The van der Waals surface area contributed by atoms with Crippen LogP contribution in [-0.2, 0) is 19.5 Å². The Hall–Kier alpha value is -2.83. The van der Waals surface area contributed by atoms with Crippen molar-refractivity contribution < 1.29 is 14.3 Å². The molecule has 0 bridgehead atoms. The summed E-state index contributed by atoms with van der Waals surface area (Å²) in [5, 5.41) is 5.82. The van der Waals surface area contributed by atoms with Gasteiger partial charge in [0.25, 0.3) is 11.8 Å². The predicted molar refractivity (Wildman–Crippen MR) is 107 cm³/mol. The van der Waals surface area contributed by atoms with Crippen molar-refractivity contribution in [3.63, 3.8) is 0 Å². The van der Waals surface area contributed by atoms with Gasteiger partial charge in [0.2, 0.25) is 0 Å². The molecule has 0 unspecified atom stereocenters. The molecule has 0 fully saturated rings. The first kappa shape index (κ1) is 19.9. The molecule has 2 aromatic rings.